The predicted molar refractivity (Wildman–Crippen MR) is 282 cm³/mol. The van der Waals surface area contributed by atoms with E-state index in [1.54, 1.807) is 26.0 Å². The Hall–Kier alpha value is -1.86. The molecule has 0 aromatic rings. The molecule has 11 heterocycles. The van der Waals surface area contributed by atoms with Crippen LogP contribution in [0.1, 0.15) is 131 Å². The summed E-state index contributed by atoms with van der Waals surface area (Å²) in [5.74, 6) is 0.0538. The topological polar surface area (TPSA) is 289 Å². The first-order valence-corrected chi connectivity index (χ1v) is 31.5. The van der Waals surface area contributed by atoms with Gasteiger partial charge in [-0.2, -0.15) is 16.8 Å². The Labute approximate surface area is 470 Å². The SMILES string of the molecule is C=CC(O)C(=C)/C=C/[C@@](C)(O)[C@H]1O[C@@H]2C[C@@H]3O[C@@H]4C[C@@H]5O[C@@H]6C[C@@H]7O[C@@H]8C[C@@H]9O[C@@H]%10C[C@@H]%11O[C@](C)(CCCOS(=O)(=O)O)[C@@H](OS(=O)(=O)O)C[C@H]%11O[C@H]%10C[C@H]9O[C@H]8CC[C@@]7(C)O[C@@]6(C)CC[C@H](C)[C@H]5O[C@H]4[C@@H](O)[C@@]3(C)O[C@H]2CC1=C. The van der Waals surface area contributed by atoms with Gasteiger partial charge in [-0.3, -0.25) is 9.11 Å². The minimum Gasteiger partial charge on any atom is -0.387 e. The Bertz CT molecular complexity index is 2600. The Kier molecular flexibility index (Phi) is 16.3. The average molecular weight is 1170 g/mol. The van der Waals surface area contributed by atoms with Crippen LogP contribution in [0.4, 0.5) is 0 Å². The van der Waals surface area contributed by atoms with E-state index in [-0.39, 0.29) is 74.5 Å². The molecule has 11 aliphatic heterocycles. The van der Waals surface area contributed by atoms with Gasteiger partial charge in [0.05, 0.1) is 127 Å². The normalized spacial score (nSPS) is 50.4. The van der Waals surface area contributed by atoms with Crippen molar-refractivity contribution in [2.45, 2.75) is 288 Å². The lowest BCUT2D eigenvalue weighted by Gasteiger charge is -2.61. The second kappa shape index (κ2) is 21.8. The highest BCUT2D eigenvalue weighted by Gasteiger charge is 2.65. The van der Waals surface area contributed by atoms with E-state index in [1.165, 1.54) is 6.08 Å². The van der Waals surface area contributed by atoms with Crippen molar-refractivity contribution in [3.05, 3.63) is 49.1 Å². The van der Waals surface area contributed by atoms with Crippen LogP contribution in [0, 0.1) is 5.92 Å². The average Bonchev–Trinajstić information content (AvgIpc) is 3.51. The van der Waals surface area contributed by atoms with Crippen molar-refractivity contribution in [3.63, 3.8) is 0 Å². The third kappa shape index (κ3) is 11.6. The second-order valence-corrected chi connectivity index (χ2v) is 28.1. The van der Waals surface area contributed by atoms with Crippen molar-refractivity contribution in [3.8, 4) is 0 Å². The Morgan fingerprint density at radius 2 is 1.27 bits per heavy atom. The van der Waals surface area contributed by atoms with Crippen molar-refractivity contribution in [1.82, 2.24) is 0 Å². The molecule has 22 nitrogen and oxygen atoms in total. The summed E-state index contributed by atoms with van der Waals surface area (Å²) in [5, 5.41) is 34.1. The molecular formula is C56H84O22S2. The fourth-order valence-corrected chi connectivity index (χ4v) is 16.4. The molecule has 0 aromatic carbocycles. The van der Waals surface area contributed by atoms with Gasteiger partial charge in [-0.1, -0.05) is 38.3 Å². The largest absolute Gasteiger partial charge is 0.397 e. The van der Waals surface area contributed by atoms with Crippen LogP contribution >= 0.6 is 0 Å². The van der Waals surface area contributed by atoms with E-state index in [9.17, 15) is 36.7 Å². The van der Waals surface area contributed by atoms with Gasteiger partial charge >= 0.3 is 20.8 Å². The van der Waals surface area contributed by atoms with Gasteiger partial charge in [0.25, 0.3) is 0 Å². The van der Waals surface area contributed by atoms with Gasteiger partial charge in [-0.05, 0) is 96.6 Å². The van der Waals surface area contributed by atoms with Gasteiger partial charge in [0.2, 0.25) is 0 Å². The maximum atomic E-state index is 12.3. The summed E-state index contributed by atoms with van der Waals surface area (Å²) in [4.78, 5) is 0. The van der Waals surface area contributed by atoms with E-state index in [0.717, 1.165) is 6.42 Å². The van der Waals surface area contributed by atoms with Crippen molar-refractivity contribution in [1.29, 1.82) is 0 Å². The van der Waals surface area contributed by atoms with Gasteiger partial charge in [-0.25, -0.2) is 8.37 Å². The van der Waals surface area contributed by atoms with Crippen LogP contribution in [0.15, 0.2) is 49.1 Å². The van der Waals surface area contributed by atoms with E-state index >= 15 is 0 Å². The fourth-order valence-electron chi connectivity index (χ4n) is 15.5. The predicted octanol–water partition coefficient (Wildman–Crippen LogP) is 4.42. The standard InChI is InChI=1S/C56H84O22S2/c1-10-31(57)28(2)12-16-52(5,59)51-30(4)20-40-39(73-51)26-47-56(9,76-40)50(58)49-43(72-47)24-42-48(74-49)29(3)13-17-54(7)45(71-42)27-44-55(8,78-54)18-14-32-33(70-44)21-35-34(67-32)22-36-37(68-35)23-41-38(69-36)25-46(77-80(63,64)65)53(6,75-41)15-11-19-66-79(60,61)62/h10,12,16,29,31-51,57-59H,1-2,4,11,13-15,17-27H2,3,5-9H3,(H,60,61,62)(H,63,64,65)/b16-12+/t29-,31?,32-,33+,34+,35-,36-,37+,38+,39+,40-,41-,42-,43+,44-,45+,46-,47-,48+,49+,50+,51-,52+,53+,54-,55+,56-/m0/s1. The summed E-state index contributed by atoms with van der Waals surface area (Å²) in [7, 11) is -9.60. The summed E-state index contributed by atoms with van der Waals surface area (Å²) in [5.41, 5.74) is -4.23. The molecule has 11 rings (SSSR count). The molecule has 0 bridgehead atoms. The number of rotatable bonds is 12. The third-order valence-electron chi connectivity index (χ3n) is 20.0. The first kappa shape index (κ1) is 59.9. The van der Waals surface area contributed by atoms with E-state index < -0.39 is 134 Å². The number of hydrogen-bond acceptors (Lipinski definition) is 20. The summed E-state index contributed by atoms with van der Waals surface area (Å²) < 4.78 is 151. The Morgan fingerprint density at radius 3 is 1.93 bits per heavy atom. The highest BCUT2D eigenvalue weighted by molar-refractivity contribution is 7.81. The number of fused-ring (bicyclic) bond motifs is 10. The van der Waals surface area contributed by atoms with Crippen LogP contribution in [0.2, 0.25) is 0 Å². The Morgan fingerprint density at radius 1 is 0.713 bits per heavy atom. The van der Waals surface area contributed by atoms with Crippen LogP contribution in [-0.4, -0.2) is 204 Å². The van der Waals surface area contributed by atoms with Crippen molar-refractivity contribution < 1.29 is 102 Å². The molecular weight excluding hydrogens is 1090 g/mol. The lowest BCUT2D eigenvalue weighted by molar-refractivity contribution is -0.369. The number of aliphatic hydroxyl groups is 3. The van der Waals surface area contributed by atoms with Crippen molar-refractivity contribution in [2.24, 2.45) is 5.92 Å². The minimum absolute atomic E-state index is 0.0538. The number of hydrogen-bond donors (Lipinski definition) is 5. The van der Waals surface area contributed by atoms with E-state index in [1.807, 2.05) is 6.92 Å². The quantitative estimate of drug-likeness (QED) is 0.0782. The zero-order valence-electron chi connectivity index (χ0n) is 46.7. The van der Waals surface area contributed by atoms with Crippen LogP contribution < -0.4 is 0 Å². The summed E-state index contributed by atoms with van der Waals surface area (Å²) in [6, 6.07) is 0. The molecule has 0 radical (unpaired) electrons. The zero-order chi connectivity index (χ0) is 57.3. The summed E-state index contributed by atoms with van der Waals surface area (Å²) in [6.45, 7) is 23.0. The van der Waals surface area contributed by atoms with Gasteiger partial charge < -0.3 is 67.4 Å². The molecule has 11 saturated heterocycles. The molecule has 5 N–H and O–H groups in total. The molecule has 0 amide bonds. The smallest absolute Gasteiger partial charge is 0.387 e. The molecule has 11 aliphatic rings. The summed E-state index contributed by atoms with van der Waals surface area (Å²) >= 11 is 0. The Balaban J connectivity index is 0.744. The highest BCUT2D eigenvalue weighted by atomic mass is 32.3. The van der Waals surface area contributed by atoms with Crippen molar-refractivity contribution in [2.75, 3.05) is 6.61 Å². The molecule has 0 saturated carbocycles. The fraction of sp³-hybridized carbons (Fsp3) is 0.857. The van der Waals surface area contributed by atoms with E-state index in [4.69, 9.17) is 60.8 Å². The molecule has 24 heteroatoms. The number of aliphatic hydroxyl groups excluding tert-OH is 2. The minimum atomic E-state index is -4.91. The molecule has 0 spiro atoms. The summed E-state index contributed by atoms with van der Waals surface area (Å²) in [6.07, 6.45) is -0.374. The molecule has 80 heavy (non-hydrogen) atoms. The lowest BCUT2D eigenvalue weighted by Crippen LogP contribution is -2.74. The van der Waals surface area contributed by atoms with Gasteiger partial charge in [0, 0.05) is 44.9 Å². The van der Waals surface area contributed by atoms with E-state index in [2.05, 4.69) is 44.7 Å². The molecule has 0 aromatic heterocycles. The van der Waals surface area contributed by atoms with Gasteiger partial charge in [-0.15, -0.1) is 6.58 Å². The maximum Gasteiger partial charge on any atom is 0.397 e. The molecule has 452 valence electrons. The zero-order valence-corrected chi connectivity index (χ0v) is 48.3. The molecule has 0 aliphatic carbocycles. The van der Waals surface area contributed by atoms with Crippen LogP contribution in [0.5, 0.6) is 0 Å². The van der Waals surface area contributed by atoms with Crippen LogP contribution in [0.25, 0.3) is 0 Å². The molecule has 27 atom stereocenters. The molecule has 1 unspecified atom stereocenters. The van der Waals surface area contributed by atoms with Crippen molar-refractivity contribution >= 4 is 20.8 Å². The number of ether oxygens (including phenoxy) is 11. The van der Waals surface area contributed by atoms with Crippen LogP contribution in [-0.2, 0) is 81.3 Å². The third-order valence-corrected chi connectivity index (χ3v) is 21.0. The first-order chi connectivity index (χ1) is 37.4. The molecule has 11 fully saturated rings. The second-order valence-electron chi connectivity index (χ2n) is 26.0. The van der Waals surface area contributed by atoms with E-state index in [0.29, 0.717) is 75.4 Å². The maximum absolute atomic E-state index is 12.3. The lowest BCUT2D eigenvalue weighted by atomic mass is 9.73. The van der Waals surface area contributed by atoms with Gasteiger partial charge in [0.1, 0.15) is 35.6 Å². The monoisotopic (exact) mass is 1170 g/mol. The van der Waals surface area contributed by atoms with Crippen LogP contribution in [0.3, 0.4) is 0 Å². The first-order valence-electron chi connectivity index (χ1n) is 28.8. The highest BCUT2D eigenvalue weighted by Crippen LogP contribution is 2.54. The van der Waals surface area contributed by atoms with Gasteiger partial charge in [0.15, 0.2) is 0 Å².